The first-order valence-electron chi connectivity index (χ1n) is 8.48. The third kappa shape index (κ3) is 5.90. The number of hydrogen-bond donors (Lipinski definition) is 0. The molecule has 2 rings (SSSR count). The van der Waals surface area contributed by atoms with Gasteiger partial charge in [0.2, 0.25) is 0 Å². The molecule has 2 atom stereocenters. The summed E-state index contributed by atoms with van der Waals surface area (Å²) < 4.78 is 16.6. The fourth-order valence-electron chi connectivity index (χ4n) is 2.81. The topological polar surface area (TPSA) is 51.9 Å². The van der Waals surface area contributed by atoms with Crippen LogP contribution in [0.1, 0.15) is 58.8 Å². The van der Waals surface area contributed by atoms with Crippen molar-refractivity contribution in [2.24, 2.45) is 5.92 Å². The summed E-state index contributed by atoms with van der Waals surface area (Å²) in [4.78, 5) is 14.0. The molecule has 0 aromatic carbocycles. The second-order valence-corrected chi connectivity index (χ2v) is 7.25. The van der Waals surface area contributed by atoms with Gasteiger partial charge in [-0.15, -0.1) is 0 Å². The predicted molar refractivity (Wildman–Crippen MR) is 88.2 cm³/mol. The van der Waals surface area contributed by atoms with E-state index >= 15 is 0 Å². The Morgan fingerprint density at radius 1 is 1.48 bits per heavy atom. The minimum absolute atomic E-state index is 0.0319. The summed E-state index contributed by atoms with van der Waals surface area (Å²) in [6.45, 7) is 9.91. The molecule has 0 aliphatic carbocycles. The van der Waals surface area contributed by atoms with E-state index in [1.807, 2.05) is 44.7 Å². The maximum absolute atomic E-state index is 12.2. The Morgan fingerprint density at radius 3 is 2.91 bits per heavy atom. The van der Waals surface area contributed by atoms with Crippen LogP contribution in [-0.2, 0) is 9.47 Å². The Kier molecular flexibility index (Phi) is 6.10. The van der Waals surface area contributed by atoms with Crippen molar-refractivity contribution in [1.29, 1.82) is 0 Å². The maximum Gasteiger partial charge on any atom is 0.410 e. The van der Waals surface area contributed by atoms with Gasteiger partial charge in [-0.3, -0.25) is 0 Å². The molecule has 0 bridgehead atoms. The van der Waals surface area contributed by atoms with Gasteiger partial charge in [-0.2, -0.15) is 0 Å². The number of ether oxygens (including phenoxy) is 2. The average Bonchev–Trinajstić information content (AvgIpc) is 3.00. The first-order valence-corrected chi connectivity index (χ1v) is 8.48. The van der Waals surface area contributed by atoms with Crippen LogP contribution in [0.5, 0.6) is 0 Å². The monoisotopic (exact) mass is 323 g/mol. The standard InChI is InChI=1S/C18H29NO4/c1-14(16-8-6-11-22-16)21-12-9-15-7-5-10-19(13-15)17(20)23-18(2,3)4/h6,8,11,14-15H,5,7,9-10,12-13H2,1-4H3/t14-,15-/m0/s1. The third-order valence-electron chi connectivity index (χ3n) is 4.01. The average molecular weight is 323 g/mol. The quantitative estimate of drug-likeness (QED) is 0.806. The van der Waals surface area contributed by atoms with E-state index in [4.69, 9.17) is 13.9 Å². The van der Waals surface area contributed by atoms with Gasteiger partial charge in [0.05, 0.1) is 6.26 Å². The molecule has 0 N–H and O–H groups in total. The molecule has 0 radical (unpaired) electrons. The molecule has 130 valence electrons. The zero-order valence-corrected chi connectivity index (χ0v) is 14.7. The summed E-state index contributed by atoms with van der Waals surface area (Å²) in [5, 5.41) is 0. The lowest BCUT2D eigenvalue weighted by molar-refractivity contribution is 0.00893. The highest BCUT2D eigenvalue weighted by molar-refractivity contribution is 5.68. The Balaban J connectivity index is 1.72. The lowest BCUT2D eigenvalue weighted by Crippen LogP contribution is -2.43. The Morgan fingerprint density at radius 2 is 2.26 bits per heavy atom. The number of carbonyl (C=O) groups is 1. The summed E-state index contributed by atoms with van der Waals surface area (Å²) >= 11 is 0. The van der Waals surface area contributed by atoms with Crippen LogP contribution in [0.15, 0.2) is 22.8 Å². The molecule has 0 saturated carbocycles. The highest BCUT2D eigenvalue weighted by Gasteiger charge is 2.27. The first kappa shape index (κ1) is 17.9. The molecule has 2 heterocycles. The predicted octanol–water partition coefficient (Wildman–Crippen LogP) is 4.39. The molecule has 1 aliphatic heterocycles. The van der Waals surface area contributed by atoms with Crippen LogP contribution >= 0.6 is 0 Å². The van der Waals surface area contributed by atoms with Crippen molar-refractivity contribution in [2.45, 2.75) is 58.7 Å². The Bertz CT molecular complexity index is 478. The van der Waals surface area contributed by atoms with E-state index in [1.165, 1.54) is 0 Å². The smallest absolute Gasteiger partial charge is 0.410 e. The van der Waals surface area contributed by atoms with E-state index < -0.39 is 5.60 Å². The van der Waals surface area contributed by atoms with E-state index in [0.717, 1.165) is 38.1 Å². The Hall–Kier alpha value is -1.49. The van der Waals surface area contributed by atoms with Gasteiger partial charge in [-0.1, -0.05) is 0 Å². The fourth-order valence-corrected chi connectivity index (χ4v) is 2.81. The number of furan rings is 1. The molecule has 1 aromatic heterocycles. The molecule has 5 nitrogen and oxygen atoms in total. The number of rotatable bonds is 5. The summed E-state index contributed by atoms with van der Waals surface area (Å²) in [5.41, 5.74) is -0.439. The molecule has 0 spiro atoms. The van der Waals surface area contributed by atoms with Crippen LogP contribution in [0.25, 0.3) is 0 Å². The molecule has 5 heteroatoms. The van der Waals surface area contributed by atoms with Crippen molar-refractivity contribution in [3.8, 4) is 0 Å². The second-order valence-electron chi connectivity index (χ2n) is 7.25. The largest absolute Gasteiger partial charge is 0.467 e. The van der Waals surface area contributed by atoms with Crippen molar-refractivity contribution in [3.05, 3.63) is 24.2 Å². The van der Waals surface area contributed by atoms with Gasteiger partial charge in [0.25, 0.3) is 0 Å². The van der Waals surface area contributed by atoms with E-state index in [0.29, 0.717) is 12.5 Å². The van der Waals surface area contributed by atoms with E-state index in [-0.39, 0.29) is 12.2 Å². The lowest BCUT2D eigenvalue weighted by atomic mass is 9.95. The number of likely N-dealkylation sites (tertiary alicyclic amines) is 1. The van der Waals surface area contributed by atoms with Gasteiger partial charge < -0.3 is 18.8 Å². The molecule has 1 amide bonds. The molecule has 1 fully saturated rings. The van der Waals surface area contributed by atoms with Crippen molar-refractivity contribution in [2.75, 3.05) is 19.7 Å². The van der Waals surface area contributed by atoms with Crippen LogP contribution in [0, 0.1) is 5.92 Å². The highest BCUT2D eigenvalue weighted by atomic mass is 16.6. The summed E-state index contributed by atoms with van der Waals surface area (Å²) in [7, 11) is 0. The van der Waals surface area contributed by atoms with E-state index in [1.54, 1.807) is 6.26 Å². The SMILES string of the molecule is C[C@H](OCC[C@@H]1CCCN(C(=O)OC(C)(C)C)C1)c1ccco1. The van der Waals surface area contributed by atoms with E-state index in [9.17, 15) is 4.79 Å². The molecule has 0 unspecified atom stereocenters. The van der Waals surface area contributed by atoms with Crippen LogP contribution in [-0.4, -0.2) is 36.3 Å². The number of piperidine rings is 1. The van der Waals surface area contributed by atoms with Gasteiger partial charge in [0, 0.05) is 19.7 Å². The number of nitrogens with zero attached hydrogens (tertiary/aromatic N) is 1. The van der Waals surface area contributed by atoms with Gasteiger partial charge in [-0.05, 0) is 65.0 Å². The van der Waals surface area contributed by atoms with Crippen LogP contribution in [0.4, 0.5) is 4.79 Å². The minimum Gasteiger partial charge on any atom is -0.467 e. The van der Waals surface area contributed by atoms with Gasteiger partial charge in [0.15, 0.2) is 0 Å². The summed E-state index contributed by atoms with van der Waals surface area (Å²) in [5.74, 6) is 1.32. The lowest BCUT2D eigenvalue weighted by Gasteiger charge is -2.34. The summed E-state index contributed by atoms with van der Waals surface area (Å²) in [6, 6.07) is 3.80. The zero-order chi connectivity index (χ0) is 16.9. The van der Waals surface area contributed by atoms with Crippen molar-refractivity contribution >= 4 is 6.09 Å². The third-order valence-corrected chi connectivity index (χ3v) is 4.01. The van der Waals surface area contributed by atoms with Crippen LogP contribution in [0.3, 0.4) is 0 Å². The van der Waals surface area contributed by atoms with Crippen molar-refractivity contribution < 1.29 is 18.7 Å². The number of carbonyl (C=O) groups excluding carboxylic acids is 1. The second kappa shape index (κ2) is 7.86. The van der Waals surface area contributed by atoms with Gasteiger partial charge >= 0.3 is 6.09 Å². The molecule has 1 aromatic rings. The normalized spacial score (nSPS) is 20.3. The molecule has 1 saturated heterocycles. The highest BCUT2D eigenvalue weighted by Crippen LogP contribution is 2.23. The summed E-state index contributed by atoms with van der Waals surface area (Å²) in [6.07, 6.45) is 4.54. The zero-order valence-electron chi connectivity index (χ0n) is 14.7. The minimum atomic E-state index is -0.439. The molecular formula is C18H29NO4. The first-order chi connectivity index (χ1) is 10.8. The Labute approximate surface area is 138 Å². The maximum atomic E-state index is 12.2. The number of hydrogen-bond acceptors (Lipinski definition) is 4. The number of amides is 1. The van der Waals surface area contributed by atoms with Gasteiger partial charge in [-0.25, -0.2) is 4.79 Å². The van der Waals surface area contributed by atoms with Crippen molar-refractivity contribution in [1.82, 2.24) is 4.90 Å². The fraction of sp³-hybridized carbons (Fsp3) is 0.722. The molecule has 1 aliphatic rings. The van der Waals surface area contributed by atoms with Crippen LogP contribution in [0.2, 0.25) is 0 Å². The molecular weight excluding hydrogens is 294 g/mol. The van der Waals surface area contributed by atoms with Crippen LogP contribution < -0.4 is 0 Å². The van der Waals surface area contributed by atoms with Crippen molar-refractivity contribution in [3.63, 3.8) is 0 Å². The molecule has 23 heavy (non-hydrogen) atoms. The van der Waals surface area contributed by atoms with E-state index in [2.05, 4.69) is 0 Å². The van der Waals surface area contributed by atoms with Gasteiger partial charge in [0.1, 0.15) is 17.5 Å².